The van der Waals surface area contributed by atoms with Crippen LogP contribution in [0.4, 0.5) is 4.79 Å². The molecule has 0 fully saturated rings. The van der Waals surface area contributed by atoms with Gasteiger partial charge in [-0.2, -0.15) is 0 Å². The van der Waals surface area contributed by atoms with Crippen LogP contribution < -0.4 is 0 Å². The van der Waals surface area contributed by atoms with Crippen molar-refractivity contribution in [2.24, 2.45) is 0 Å². The summed E-state index contributed by atoms with van der Waals surface area (Å²) in [6, 6.07) is -1.58. The van der Waals surface area contributed by atoms with Gasteiger partial charge in [0.2, 0.25) is 5.91 Å². The molecule has 0 aromatic rings. The third kappa shape index (κ3) is 7.14. The Morgan fingerprint density at radius 1 is 0.792 bits per heavy atom. The lowest BCUT2D eigenvalue weighted by Crippen LogP contribution is -2.51. The number of nitrogens with zero attached hydrogens (tertiary/aromatic N) is 2. The zero-order valence-electron chi connectivity index (χ0n) is 15.2. The lowest BCUT2D eigenvalue weighted by Gasteiger charge is -2.30. The minimum atomic E-state index is -0.792. The van der Waals surface area contributed by atoms with Gasteiger partial charge in [-0.1, -0.05) is 0 Å². The third-order valence-corrected chi connectivity index (χ3v) is 3.54. The topological polar surface area (TPSA) is 94.6 Å². The molecule has 140 valence electrons. The molecule has 0 aromatic carbocycles. The Kier molecular flexibility index (Phi) is 10.7. The summed E-state index contributed by atoms with van der Waals surface area (Å²) in [4.78, 5) is 38.5. The van der Waals surface area contributed by atoms with Crippen molar-refractivity contribution in [3.63, 3.8) is 0 Å². The highest BCUT2D eigenvalue weighted by molar-refractivity contribution is 5.89. The smallest absolute Gasteiger partial charge is 0.410 e. The lowest BCUT2D eigenvalue weighted by atomic mass is 10.2. The lowest BCUT2D eigenvalue weighted by molar-refractivity contribution is -0.155. The number of carbonyl (C=O) groups is 3. The van der Waals surface area contributed by atoms with E-state index in [0.717, 1.165) is 4.90 Å². The monoisotopic (exact) mass is 348 g/mol. The summed E-state index contributed by atoms with van der Waals surface area (Å²) in [5.41, 5.74) is 0. The van der Waals surface area contributed by atoms with Crippen LogP contribution in [0.5, 0.6) is 0 Å². The van der Waals surface area contributed by atoms with Gasteiger partial charge in [0.15, 0.2) is 0 Å². The van der Waals surface area contributed by atoms with Crippen molar-refractivity contribution >= 4 is 18.0 Å². The first-order valence-corrected chi connectivity index (χ1v) is 7.58. The van der Waals surface area contributed by atoms with E-state index >= 15 is 0 Å². The molecule has 0 saturated carbocycles. The van der Waals surface area contributed by atoms with Crippen molar-refractivity contribution in [1.29, 1.82) is 0 Å². The fourth-order valence-electron chi connectivity index (χ4n) is 1.63. The Bertz CT molecular complexity index is 381. The van der Waals surface area contributed by atoms with Crippen molar-refractivity contribution < 1.29 is 33.3 Å². The molecule has 2 amide bonds. The van der Waals surface area contributed by atoms with Crippen LogP contribution in [0.1, 0.15) is 13.8 Å². The average molecular weight is 348 g/mol. The second-order valence-corrected chi connectivity index (χ2v) is 5.18. The Morgan fingerprint density at radius 2 is 1.29 bits per heavy atom. The first kappa shape index (κ1) is 22.1. The van der Waals surface area contributed by atoms with Gasteiger partial charge in [0.1, 0.15) is 25.3 Å². The Hall–Kier alpha value is -1.87. The van der Waals surface area contributed by atoms with E-state index in [0.29, 0.717) is 0 Å². The second-order valence-electron chi connectivity index (χ2n) is 5.18. The largest absolute Gasteiger partial charge is 0.462 e. The molecule has 0 aliphatic heterocycles. The molecule has 0 bridgehead atoms. The van der Waals surface area contributed by atoms with E-state index in [-0.39, 0.29) is 26.4 Å². The molecule has 0 N–H and O–H groups in total. The van der Waals surface area contributed by atoms with E-state index < -0.39 is 30.1 Å². The van der Waals surface area contributed by atoms with Gasteiger partial charge < -0.3 is 23.8 Å². The number of ether oxygens (including phenoxy) is 4. The summed E-state index contributed by atoms with van der Waals surface area (Å²) >= 11 is 0. The molecule has 0 aromatic heterocycles. The van der Waals surface area contributed by atoms with E-state index in [1.807, 2.05) is 0 Å². The van der Waals surface area contributed by atoms with Gasteiger partial charge in [0, 0.05) is 28.3 Å². The summed E-state index contributed by atoms with van der Waals surface area (Å²) in [5, 5.41) is 0. The predicted molar refractivity (Wildman–Crippen MR) is 85.5 cm³/mol. The molecule has 9 nitrogen and oxygen atoms in total. The molecule has 0 radical (unpaired) electrons. The van der Waals surface area contributed by atoms with Gasteiger partial charge in [-0.05, 0) is 13.8 Å². The standard InChI is InChI=1S/C15H28N2O7/c1-11(17(4)15(20)24-10-8-22-6)13(18)16(3)12(2)14(19)23-9-7-21-5/h11-12H,7-10H2,1-6H3. The summed E-state index contributed by atoms with van der Waals surface area (Å²) in [6.07, 6.45) is -0.642. The maximum Gasteiger partial charge on any atom is 0.410 e. The van der Waals surface area contributed by atoms with Crippen LogP contribution in [0.25, 0.3) is 0 Å². The van der Waals surface area contributed by atoms with Crippen molar-refractivity contribution in [3.05, 3.63) is 0 Å². The number of likely N-dealkylation sites (N-methyl/N-ethyl adjacent to an activating group) is 2. The molecule has 0 aliphatic carbocycles. The van der Waals surface area contributed by atoms with Crippen LogP contribution in [-0.2, 0) is 28.5 Å². The number of hydrogen-bond acceptors (Lipinski definition) is 7. The molecule has 0 rings (SSSR count). The third-order valence-electron chi connectivity index (χ3n) is 3.54. The number of methoxy groups -OCH3 is 2. The van der Waals surface area contributed by atoms with Crippen molar-refractivity contribution in [3.8, 4) is 0 Å². The number of carbonyl (C=O) groups excluding carboxylic acids is 3. The molecule has 2 atom stereocenters. The fraction of sp³-hybridized carbons (Fsp3) is 0.800. The van der Waals surface area contributed by atoms with Crippen LogP contribution in [0.3, 0.4) is 0 Å². The summed E-state index contributed by atoms with van der Waals surface area (Å²) in [7, 11) is 5.92. The van der Waals surface area contributed by atoms with Crippen molar-refractivity contribution in [2.45, 2.75) is 25.9 Å². The molecule has 0 spiro atoms. The number of amides is 2. The zero-order chi connectivity index (χ0) is 18.7. The van der Waals surface area contributed by atoms with E-state index in [1.165, 1.54) is 33.2 Å². The average Bonchev–Trinajstić information content (AvgIpc) is 2.58. The Labute approximate surface area is 142 Å². The first-order chi connectivity index (χ1) is 11.3. The highest BCUT2D eigenvalue weighted by Gasteiger charge is 2.31. The molecule has 0 saturated heterocycles. The highest BCUT2D eigenvalue weighted by atomic mass is 16.6. The minimum absolute atomic E-state index is 0.0959. The van der Waals surface area contributed by atoms with Crippen molar-refractivity contribution in [2.75, 3.05) is 54.7 Å². The van der Waals surface area contributed by atoms with Crippen molar-refractivity contribution in [1.82, 2.24) is 9.80 Å². The van der Waals surface area contributed by atoms with Gasteiger partial charge in [-0.25, -0.2) is 9.59 Å². The van der Waals surface area contributed by atoms with Crippen LogP contribution in [0.15, 0.2) is 0 Å². The number of hydrogen-bond donors (Lipinski definition) is 0. The zero-order valence-corrected chi connectivity index (χ0v) is 15.2. The molecular weight excluding hydrogens is 320 g/mol. The normalized spacial score (nSPS) is 12.9. The van der Waals surface area contributed by atoms with Gasteiger partial charge >= 0.3 is 12.1 Å². The predicted octanol–water partition coefficient (Wildman–Crippen LogP) is 0.126. The number of rotatable bonds is 10. The Balaban J connectivity index is 4.57. The SMILES string of the molecule is COCCOC(=O)C(C)N(C)C(=O)C(C)N(C)C(=O)OCCOC. The van der Waals surface area contributed by atoms with Crippen LogP contribution >= 0.6 is 0 Å². The summed E-state index contributed by atoms with van der Waals surface area (Å²) in [5.74, 6) is -0.946. The van der Waals surface area contributed by atoms with E-state index in [1.54, 1.807) is 13.8 Å². The summed E-state index contributed by atoms with van der Waals surface area (Å²) in [6.45, 7) is 3.87. The molecule has 24 heavy (non-hydrogen) atoms. The molecular formula is C15H28N2O7. The van der Waals surface area contributed by atoms with Crippen LogP contribution in [0.2, 0.25) is 0 Å². The fourth-order valence-corrected chi connectivity index (χ4v) is 1.63. The molecule has 0 aliphatic rings. The molecule has 0 heterocycles. The molecule has 2 unspecified atom stereocenters. The number of esters is 1. The molecule has 9 heteroatoms. The van der Waals surface area contributed by atoms with Gasteiger partial charge in [-0.15, -0.1) is 0 Å². The highest BCUT2D eigenvalue weighted by Crippen LogP contribution is 2.07. The van der Waals surface area contributed by atoms with Gasteiger partial charge in [-0.3, -0.25) is 9.69 Å². The van der Waals surface area contributed by atoms with E-state index in [9.17, 15) is 14.4 Å². The minimum Gasteiger partial charge on any atom is -0.462 e. The maximum atomic E-state index is 12.4. The first-order valence-electron chi connectivity index (χ1n) is 7.58. The van der Waals surface area contributed by atoms with Gasteiger partial charge in [0.05, 0.1) is 13.2 Å². The summed E-state index contributed by atoms with van der Waals surface area (Å²) < 4.78 is 19.5. The maximum absolute atomic E-state index is 12.4. The van der Waals surface area contributed by atoms with Crippen LogP contribution in [-0.4, -0.2) is 94.6 Å². The quantitative estimate of drug-likeness (QED) is 0.409. The second kappa shape index (κ2) is 11.6. The van der Waals surface area contributed by atoms with Gasteiger partial charge in [0.25, 0.3) is 0 Å². The van der Waals surface area contributed by atoms with E-state index in [2.05, 4.69) is 0 Å². The van der Waals surface area contributed by atoms with Crippen LogP contribution in [0, 0.1) is 0 Å². The Morgan fingerprint density at radius 3 is 1.79 bits per heavy atom. The van der Waals surface area contributed by atoms with E-state index in [4.69, 9.17) is 18.9 Å².